The third kappa shape index (κ3) is 3.46. The quantitative estimate of drug-likeness (QED) is 0.887. The number of rotatable bonds is 5. The van der Waals surface area contributed by atoms with Gasteiger partial charge in [-0.1, -0.05) is 43.3 Å². The number of aryl methyl sites for hydroxylation is 1. The molecule has 102 valence electrons. The summed E-state index contributed by atoms with van der Waals surface area (Å²) in [6, 6.07) is 18.7. The predicted octanol–water partition coefficient (Wildman–Crippen LogP) is 3.97. The highest BCUT2D eigenvalue weighted by atomic mass is 14.9. The summed E-state index contributed by atoms with van der Waals surface area (Å²) in [5, 5.41) is 12.5. The molecule has 2 rings (SSSR count). The van der Waals surface area contributed by atoms with E-state index in [4.69, 9.17) is 5.26 Å². The van der Waals surface area contributed by atoms with Gasteiger partial charge in [0.2, 0.25) is 0 Å². The lowest BCUT2D eigenvalue weighted by molar-refractivity contribution is 0.572. The molecule has 0 spiro atoms. The molecule has 2 heteroatoms. The monoisotopic (exact) mass is 264 g/mol. The molecule has 1 N–H and O–H groups in total. The molecular weight excluding hydrogens is 244 g/mol. The van der Waals surface area contributed by atoms with Crippen molar-refractivity contribution in [3.63, 3.8) is 0 Å². The molecule has 0 aromatic heterocycles. The molecule has 0 radical (unpaired) electrons. The maximum absolute atomic E-state index is 8.95. The smallest absolute Gasteiger partial charge is 0.0991 e. The fraction of sp³-hybridized carbons (Fsp3) is 0.278. The molecule has 2 aromatic rings. The van der Waals surface area contributed by atoms with Gasteiger partial charge in [0, 0.05) is 12.6 Å². The zero-order chi connectivity index (χ0) is 14.4. The standard InChI is InChI=1S/C18H20N2/c1-3-16-8-4-5-9-18(16)13-20-14(2)17-10-6-7-15(11-17)12-19/h4-11,14,20H,3,13H2,1-2H3. The minimum absolute atomic E-state index is 0.230. The SMILES string of the molecule is CCc1ccccc1CNC(C)c1cccc(C#N)c1. The van der Waals surface area contributed by atoms with Crippen LogP contribution in [0.15, 0.2) is 48.5 Å². The summed E-state index contributed by atoms with van der Waals surface area (Å²) in [5.74, 6) is 0. The Balaban J connectivity index is 2.05. The van der Waals surface area contributed by atoms with E-state index in [2.05, 4.69) is 55.6 Å². The second-order valence-corrected chi connectivity index (χ2v) is 4.96. The average Bonchev–Trinajstić information content (AvgIpc) is 2.52. The minimum Gasteiger partial charge on any atom is -0.306 e. The molecule has 2 aromatic carbocycles. The zero-order valence-corrected chi connectivity index (χ0v) is 12.1. The van der Waals surface area contributed by atoms with Crippen LogP contribution in [-0.4, -0.2) is 0 Å². The van der Waals surface area contributed by atoms with Gasteiger partial charge in [-0.25, -0.2) is 0 Å². The van der Waals surface area contributed by atoms with E-state index in [0.29, 0.717) is 5.56 Å². The van der Waals surface area contributed by atoms with Crippen LogP contribution in [0.3, 0.4) is 0 Å². The largest absolute Gasteiger partial charge is 0.306 e. The fourth-order valence-corrected chi connectivity index (χ4v) is 2.33. The summed E-state index contributed by atoms with van der Waals surface area (Å²) in [6.45, 7) is 5.16. The summed E-state index contributed by atoms with van der Waals surface area (Å²) in [4.78, 5) is 0. The third-order valence-corrected chi connectivity index (χ3v) is 3.61. The van der Waals surface area contributed by atoms with Crippen LogP contribution in [-0.2, 0) is 13.0 Å². The second-order valence-electron chi connectivity index (χ2n) is 4.96. The van der Waals surface area contributed by atoms with E-state index >= 15 is 0 Å². The first-order valence-corrected chi connectivity index (χ1v) is 7.04. The number of nitrogens with one attached hydrogen (secondary N) is 1. The van der Waals surface area contributed by atoms with E-state index in [9.17, 15) is 0 Å². The van der Waals surface area contributed by atoms with E-state index in [1.165, 1.54) is 11.1 Å². The van der Waals surface area contributed by atoms with Crippen molar-refractivity contribution in [3.8, 4) is 6.07 Å². The lowest BCUT2D eigenvalue weighted by Gasteiger charge is -2.16. The molecule has 0 aliphatic heterocycles. The minimum atomic E-state index is 0.230. The lowest BCUT2D eigenvalue weighted by atomic mass is 10.0. The van der Waals surface area contributed by atoms with Gasteiger partial charge < -0.3 is 5.32 Å². The normalized spacial score (nSPS) is 11.8. The van der Waals surface area contributed by atoms with E-state index in [1.54, 1.807) is 0 Å². The molecule has 0 fully saturated rings. The summed E-state index contributed by atoms with van der Waals surface area (Å²) < 4.78 is 0. The molecule has 20 heavy (non-hydrogen) atoms. The highest BCUT2D eigenvalue weighted by Gasteiger charge is 2.07. The second kappa shape index (κ2) is 6.88. The van der Waals surface area contributed by atoms with E-state index in [0.717, 1.165) is 18.5 Å². The highest BCUT2D eigenvalue weighted by molar-refractivity contribution is 5.34. The molecule has 1 unspecified atom stereocenters. The van der Waals surface area contributed by atoms with Crippen LogP contribution in [0.2, 0.25) is 0 Å². The number of nitriles is 1. The first-order valence-electron chi connectivity index (χ1n) is 7.04. The Morgan fingerprint density at radius 2 is 1.85 bits per heavy atom. The van der Waals surface area contributed by atoms with Crippen LogP contribution in [0.25, 0.3) is 0 Å². The van der Waals surface area contributed by atoms with Crippen LogP contribution in [0.5, 0.6) is 0 Å². The highest BCUT2D eigenvalue weighted by Crippen LogP contribution is 2.16. The molecule has 1 atom stereocenters. The Morgan fingerprint density at radius 1 is 1.10 bits per heavy atom. The molecule has 0 bridgehead atoms. The first kappa shape index (κ1) is 14.3. The summed E-state index contributed by atoms with van der Waals surface area (Å²) in [7, 11) is 0. The molecule has 0 aliphatic carbocycles. The predicted molar refractivity (Wildman–Crippen MR) is 82.2 cm³/mol. The summed E-state index contributed by atoms with van der Waals surface area (Å²) >= 11 is 0. The van der Waals surface area contributed by atoms with Crippen molar-refractivity contribution >= 4 is 0 Å². The van der Waals surface area contributed by atoms with Crippen molar-refractivity contribution < 1.29 is 0 Å². The summed E-state index contributed by atoms with van der Waals surface area (Å²) in [6.07, 6.45) is 1.05. The number of nitrogens with zero attached hydrogens (tertiary/aromatic N) is 1. The van der Waals surface area contributed by atoms with Crippen LogP contribution >= 0.6 is 0 Å². The van der Waals surface area contributed by atoms with Gasteiger partial charge in [-0.15, -0.1) is 0 Å². The van der Waals surface area contributed by atoms with Crippen LogP contribution in [0.4, 0.5) is 0 Å². The molecule has 0 aliphatic rings. The Labute approximate surface area is 121 Å². The average molecular weight is 264 g/mol. The molecular formula is C18H20N2. The Hall–Kier alpha value is -2.11. The van der Waals surface area contributed by atoms with Gasteiger partial charge in [0.25, 0.3) is 0 Å². The fourth-order valence-electron chi connectivity index (χ4n) is 2.33. The van der Waals surface area contributed by atoms with Crippen molar-refractivity contribution in [2.75, 3.05) is 0 Å². The topological polar surface area (TPSA) is 35.8 Å². The third-order valence-electron chi connectivity index (χ3n) is 3.61. The van der Waals surface area contributed by atoms with Gasteiger partial charge in [-0.3, -0.25) is 0 Å². The van der Waals surface area contributed by atoms with Crippen molar-refractivity contribution in [3.05, 3.63) is 70.8 Å². The Morgan fingerprint density at radius 3 is 2.55 bits per heavy atom. The van der Waals surface area contributed by atoms with Crippen LogP contribution < -0.4 is 5.32 Å². The van der Waals surface area contributed by atoms with Crippen molar-refractivity contribution in [1.82, 2.24) is 5.32 Å². The summed E-state index contributed by atoms with van der Waals surface area (Å²) in [5.41, 5.74) is 4.60. The van der Waals surface area contributed by atoms with Crippen LogP contribution in [0.1, 0.15) is 42.1 Å². The molecule has 0 amide bonds. The van der Waals surface area contributed by atoms with Gasteiger partial charge in [0.1, 0.15) is 0 Å². The number of hydrogen-bond donors (Lipinski definition) is 1. The molecule has 0 saturated carbocycles. The van der Waals surface area contributed by atoms with E-state index in [1.807, 2.05) is 18.2 Å². The number of benzene rings is 2. The number of hydrogen-bond acceptors (Lipinski definition) is 2. The molecule has 0 heterocycles. The van der Waals surface area contributed by atoms with Crippen molar-refractivity contribution in [1.29, 1.82) is 5.26 Å². The van der Waals surface area contributed by atoms with Gasteiger partial charge >= 0.3 is 0 Å². The van der Waals surface area contributed by atoms with Gasteiger partial charge in [-0.2, -0.15) is 5.26 Å². The Bertz CT molecular complexity index is 611. The van der Waals surface area contributed by atoms with Gasteiger partial charge in [0.15, 0.2) is 0 Å². The zero-order valence-electron chi connectivity index (χ0n) is 12.1. The first-order chi connectivity index (χ1) is 9.74. The molecule has 0 saturated heterocycles. The van der Waals surface area contributed by atoms with Gasteiger partial charge in [0.05, 0.1) is 11.6 Å². The Kier molecular flexibility index (Phi) is 4.92. The lowest BCUT2D eigenvalue weighted by Crippen LogP contribution is -2.19. The maximum Gasteiger partial charge on any atom is 0.0991 e. The van der Waals surface area contributed by atoms with E-state index in [-0.39, 0.29) is 6.04 Å². The van der Waals surface area contributed by atoms with Gasteiger partial charge in [-0.05, 0) is 42.2 Å². The maximum atomic E-state index is 8.95. The van der Waals surface area contributed by atoms with Crippen molar-refractivity contribution in [2.45, 2.75) is 32.9 Å². The molecule has 2 nitrogen and oxygen atoms in total. The van der Waals surface area contributed by atoms with Crippen molar-refractivity contribution in [2.24, 2.45) is 0 Å². The van der Waals surface area contributed by atoms with E-state index < -0.39 is 0 Å². The van der Waals surface area contributed by atoms with Crippen LogP contribution in [0, 0.1) is 11.3 Å².